The van der Waals surface area contributed by atoms with E-state index in [0.29, 0.717) is 24.1 Å². The van der Waals surface area contributed by atoms with Gasteiger partial charge in [-0.1, -0.05) is 6.07 Å². The second-order valence-corrected chi connectivity index (χ2v) is 5.09. The van der Waals surface area contributed by atoms with Gasteiger partial charge in [-0.15, -0.1) is 0 Å². The molecule has 1 atom stereocenters. The van der Waals surface area contributed by atoms with Gasteiger partial charge < -0.3 is 10.2 Å². The van der Waals surface area contributed by atoms with Crippen molar-refractivity contribution in [1.82, 2.24) is 10.2 Å². The monoisotopic (exact) mass is 278 g/mol. The fourth-order valence-electron chi connectivity index (χ4n) is 2.51. The summed E-state index contributed by atoms with van der Waals surface area (Å²) in [7, 11) is 1.56. The van der Waals surface area contributed by atoms with Crippen LogP contribution in [0.4, 0.5) is 4.39 Å². The summed E-state index contributed by atoms with van der Waals surface area (Å²) in [6, 6.07) is 3.98. The number of nitrogens with zero attached hydrogens (tertiary/aromatic N) is 1. The zero-order valence-electron chi connectivity index (χ0n) is 11.8. The van der Waals surface area contributed by atoms with Gasteiger partial charge in [0.15, 0.2) is 0 Å². The number of benzene rings is 1. The molecule has 1 aliphatic rings. The van der Waals surface area contributed by atoms with E-state index in [0.717, 1.165) is 12.8 Å². The number of rotatable bonds is 2. The zero-order chi connectivity index (χ0) is 14.7. The first-order valence-corrected chi connectivity index (χ1v) is 6.83. The van der Waals surface area contributed by atoms with Gasteiger partial charge in [-0.25, -0.2) is 4.39 Å². The number of likely N-dealkylation sites (N-methyl/N-ethyl adjacent to an activating group) is 1. The van der Waals surface area contributed by atoms with E-state index in [2.05, 4.69) is 5.32 Å². The van der Waals surface area contributed by atoms with Crippen LogP contribution in [0.25, 0.3) is 0 Å². The third kappa shape index (κ3) is 2.81. The molecule has 0 spiro atoms. The number of carbonyl (C=O) groups is 2. The lowest BCUT2D eigenvalue weighted by atomic mass is 9.99. The fraction of sp³-hybridized carbons (Fsp3) is 0.467. The number of amides is 2. The van der Waals surface area contributed by atoms with E-state index in [1.165, 1.54) is 6.07 Å². The van der Waals surface area contributed by atoms with Crippen LogP contribution in [0.1, 0.15) is 35.2 Å². The highest BCUT2D eigenvalue weighted by atomic mass is 19.1. The average molecular weight is 278 g/mol. The van der Waals surface area contributed by atoms with Crippen LogP contribution >= 0.6 is 0 Å². The standard InChI is InChI=1S/C15H19FN2O2/c1-10-6-7-11(9-12(10)16)15(20)18-8-4-3-5-13(18)14(19)17-2/h6-7,9,13H,3-5,8H2,1-2H3,(H,17,19). The molecular weight excluding hydrogens is 259 g/mol. The van der Waals surface area contributed by atoms with Crippen LogP contribution < -0.4 is 5.32 Å². The molecule has 1 aromatic rings. The number of halogens is 1. The largest absolute Gasteiger partial charge is 0.357 e. The molecule has 0 saturated carbocycles. The van der Waals surface area contributed by atoms with Crippen molar-refractivity contribution in [3.8, 4) is 0 Å². The lowest BCUT2D eigenvalue weighted by molar-refractivity contribution is -0.126. The SMILES string of the molecule is CNC(=O)C1CCCCN1C(=O)c1ccc(C)c(F)c1. The van der Waals surface area contributed by atoms with Crippen molar-refractivity contribution in [3.63, 3.8) is 0 Å². The molecule has 1 aromatic carbocycles. The van der Waals surface area contributed by atoms with Crippen LogP contribution in [0.2, 0.25) is 0 Å². The Balaban J connectivity index is 2.25. The molecule has 1 heterocycles. The van der Waals surface area contributed by atoms with Crippen LogP contribution in [-0.4, -0.2) is 36.3 Å². The summed E-state index contributed by atoms with van der Waals surface area (Å²) < 4.78 is 13.6. The minimum atomic E-state index is -0.453. The molecule has 1 fully saturated rings. The molecule has 0 aliphatic carbocycles. The molecular formula is C15H19FN2O2. The number of hydrogen-bond acceptors (Lipinski definition) is 2. The first kappa shape index (κ1) is 14.5. The van der Waals surface area contributed by atoms with Gasteiger partial charge >= 0.3 is 0 Å². The van der Waals surface area contributed by atoms with Crippen LogP contribution in [-0.2, 0) is 4.79 Å². The molecule has 1 saturated heterocycles. The van der Waals surface area contributed by atoms with Crippen LogP contribution in [0, 0.1) is 12.7 Å². The highest BCUT2D eigenvalue weighted by Gasteiger charge is 2.32. The lowest BCUT2D eigenvalue weighted by Crippen LogP contribution is -2.51. The van der Waals surface area contributed by atoms with Crippen molar-refractivity contribution in [2.75, 3.05) is 13.6 Å². The smallest absolute Gasteiger partial charge is 0.254 e. The van der Waals surface area contributed by atoms with Gasteiger partial charge in [-0.2, -0.15) is 0 Å². The van der Waals surface area contributed by atoms with Gasteiger partial charge in [0.2, 0.25) is 5.91 Å². The Bertz CT molecular complexity index is 531. The van der Waals surface area contributed by atoms with Gasteiger partial charge in [-0.3, -0.25) is 9.59 Å². The maximum atomic E-state index is 13.6. The zero-order valence-corrected chi connectivity index (χ0v) is 11.8. The Kier molecular flexibility index (Phi) is 4.37. The highest BCUT2D eigenvalue weighted by molar-refractivity contribution is 5.97. The number of piperidine rings is 1. The van der Waals surface area contributed by atoms with Crippen LogP contribution in [0.5, 0.6) is 0 Å². The first-order chi connectivity index (χ1) is 9.54. The Labute approximate surface area is 118 Å². The Morgan fingerprint density at radius 2 is 2.10 bits per heavy atom. The second-order valence-electron chi connectivity index (χ2n) is 5.09. The van der Waals surface area contributed by atoms with Crippen LogP contribution in [0.3, 0.4) is 0 Å². The highest BCUT2D eigenvalue weighted by Crippen LogP contribution is 2.21. The molecule has 1 unspecified atom stereocenters. The summed E-state index contributed by atoms with van der Waals surface area (Å²) in [5, 5.41) is 2.58. The molecule has 0 aromatic heterocycles. The molecule has 1 N–H and O–H groups in total. The van der Waals surface area contributed by atoms with Crippen molar-refractivity contribution in [1.29, 1.82) is 0 Å². The summed E-state index contributed by atoms with van der Waals surface area (Å²) in [6.45, 7) is 2.18. The molecule has 0 radical (unpaired) electrons. The van der Waals surface area contributed by atoms with Crippen molar-refractivity contribution >= 4 is 11.8 Å². The number of aryl methyl sites for hydroxylation is 1. The topological polar surface area (TPSA) is 49.4 Å². The van der Waals surface area contributed by atoms with Gasteiger partial charge in [0.25, 0.3) is 5.91 Å². The van der Waals surface area contributed by atoms with Crippen LogP contribution in [0.15, 0.2) is 18.2 Å². The molecule has 108 valence electrons. The van der Waals surface area contributed by atoms with Crippen molar-refractivity contribution in [3.05, 3.63) is 35.1 Å². The van der Waals surface area contributed by atoms with Gasteiger partial charge in [0.05, 0.1) is 0 Å². The van der Waals surface area contributed by atoms with Gasteiger partial charge in [0, 0.05) is 19.2 Å². The minimum Gasteiger partial charge on any atom is -0.357 e. The normalized spacial score (nSPS) is 18.8. The predicted octanol–water partition coefficient (Wildman–Crippen LogP) is 1.87. The van der Waals surface area contributed by atoms with Crippen molar-refractivity contribution in [2.45, 2.75) is 32.2 Å². The average Bonchev–Trinajstić information content (AvgIpc) is 2.48. The number of nitrogens with one attached hydrogen (secondary N) is 1. The second kappa shape index (κ2) is 6.03. The maximum Gasteiger partial charge on any atom is 0.254 e. The van der Waals surface area contributed by atoms with E-state index in [9.17, 15) is 14.0 Å². The summed E-state index contributed by atoms with van der Waals surface area (Å²) in [5.74, 6) is -0.841. The van der Waals surface area contributed by atoms with E-state index >= 15 is 0 Å². The minimum absolute atomic E-state index is 0.161. The quantitative estimate of drug-likeness (QED) is 0.898. The molecule has 20 heavy (non-hydrogen) atoms. The fourth-order valence-corrected chi connectivity index (χ4v) is 2.51. The summed E-state index contributed by atoms with van der Waals surface area (Å²) >= 11 is 0. The summed E-state index contributed by atoms with van der Waals surface area (Å²) in [4.78, 5) is 25.9. The number of hydrogen-bond donors (Lipinski definition) is 1. The molecule has 4 nitrogen and oxygen atoms in total. The van der Waals surface area contributed by atoms with E-state index in [1.54, 1.807) is 31.0 Å². The van der Waals surface area contributed by atoms with E-state index in [4.69, 9.17) is 0 Å². The molecule has 1 aliphatic heterocycles. The molecule has 0 bridgehead atoms. The third-order valence-electron chi connectivity index (χ3n) is 3.73. The van der Waals surface area contributed by atoms with Crippen molar-refractivity contribution in [2.24, 2.45) is 0 Å². The molecule has 5 heteroatoms. The van der Waals surface area contributed by atoms with Gasteiger partial charge in [0.1, 0.15) is 11.9 Å². The predicted molar refractivity (Wildman–Crippen MR) is 73.9 cm³/mol. The Morgan fingerprint density at radius 1 is 1.35 bits per heavy atom. The molecule has 2 rings (SSSR count). The van der Waals surface area contributed by atoms with E-state index in [1.807, 2.05) is 0 Å². The van der Waals surface area contributed by atoms with Gasteiger partial charge in [-0.05, 0) is 43.9 Å². The van der Waals surface area contributed by atoms with E-state index < -0.39 is 11.9 Å². The Morgan fingerprint density at radius 3 is 2.75 bits per heavy atom. The number of carbonyl (C=O) groups excluding carboxylic acids is 2. The maximum absolute atomic E-state index is 13.6. The molecule has 2 amide bonds. The third-order valence-corrected chi connectivity index (χ3v) is 3.73. The van der Waals surface area contributed by atoms with E-state index in [-0.39, 0.29) is 11.8 Å². The lowest BCUT2D eigenvalue weighted by Gasteiger charge is -2.34. The first-order valence-electron chi connectivity index (χ1n) is 6.83. The summed E-state index contributed by atoms with van der Waals surface area (Å²) in [5.41, 5.74) is 0.798. The van der Waals surface area contributed by atoms with Crippen molar-refractivity contribution < 1.29 is 14.0 Å². The Hall–Kier alpha value is -1.91. The summed E-state index contributed by atoms with van der Waals surface area (Å²) in [6.07, 6.45) is 2.44. The number of likely N-dealkylation sites (tertiary alicyclic amines) is 1.